The van der Waals surface area contributed by atoms with E-state index in [1.165, 1.54) is 128 Å². The fourth-order valence-electron chi connectivity index (χ4n) is 9.18. The number of nitrogens with one attached hydrogen (secondary N) is 1. The maximum absolute atomic E-state index is 13.1. The van der Waals surface area contributed by atoms with Gasteiger partial charge in [-0.2, -0.15) is 0 Å². The molecule has 74 heavy (non-hydrogen) atoms. The zero-order chi connectivity index (χ0) is 53.6. The molecular formula is C65H113NO8. The van der Waals surface area contributed by atoms with Crippen LogP contribution >= 0.6 is 0 Å². The van der Waals surface area contributed by atoms with Crippen molar-refractivity contribution in [2.75, 3.05) is 13.2 Å². The van der Waals surface area contributed by atoms with Gasteiger partial charge in [-0.1, -0.05) is 265 Å². The zero-order valence-corrected chi connectivity index (χ0v) is 47.3. The summed E-state index contributed by atoms with van der Waals surface area (Å²) in [6, 6.07) is -0.727. The van der Waals surface area contributed by atoms with Crippen molar-refractivity contribution in [3.05, 3.63) is 97.2 Å². The third-order valence-corrected chi connectivity index (χ3v) is 14.0. The highest BCUT2D eigenvalue weighted by molar-refractivity contribution is 5.76. The standard InChI is InChI=1S/C65H113NO8/c1-3-5-7-9-11-13-15-17-19-21-22-23-24-25-26-27-28-29-30-31-32-33-34-35-36-37-38-39-41-43-45-47-49-51-53-55-61(69)66-58(57-73-65-64(72)63(71)62(70)60(56-67)74-65)59(68)54-52-50-48-46-44-42-40-20-18-16-14-12-10-8-6-4-2/h5,7,11,13,17,19,22-23,25-26,28-29,31-32,34-35,58-60,62-65,67-68,70-72H,3-4,6,8-10,12,14-16,18,20-21,24,27,30,33,36-57H2,1-2H3,(H,66,69)/b7-5-,13-11-,19-17-,23-22-,26-25-,29-28-,32-31-,35-34-. The highest BCUT2D eigenvalue weighted by Gasteiger charge is 2.44. The Morgan fingerprint density at radius 1 is 0.473 bits per heavy atom. The number of hydrogen-bond donors (Lipinski definition) is 6. The number of ether oxygens (including phenoxy) is 2. The quantitative estimate of drug-likeness (QED) is 0.0261. The van der Waals surface area contributed by atoms with Crippen molar-refractivity contribution in [1.82, 2.24) is 5.32 Å². The molecule has 7 unspecified atom stereocenters. The lowest BCUT2D eigenvalue weighted by molar-refractivity contribution is -0.302. The molecule has 0 aromatic heterocycles. The van der Waals surface area contributed by atoms with Crippen molar-refractivity contribution in [2.45, 2.75) is 294 Å². The van der Waals surface area contributed by atoms with Crippen molar-refractivity contribution in [1.29, 1.82) is 0 Å². The Morgan fingerprint density at radius 3 is 1.24 bits per heavy atom. The minimum Gasteiger partial charge on any atom is -0.394 e. The maximum Gasteiger partial charge on any atom is 0.220 e. The van der Waals surface area contributed by atoms with Gasteiger partial charge in [-0.15, -0.1) is 0 Å². The van der Waals surface area contributed by atoms with E-state index < -0.39 is 49.5 Å². The Bertz CT molecular complexity index is 1480. The summed E-state index contributed by atoms with van der Waals surface area (Å²) in [4.78, 5) is 13.1. The third kappa shape index (κ3) is 42.2. The van der Waals surface area contributed by atoms with Crippen LogP contribution in [-0.4, -0.2) is 87.5 Å². The van der Waals surface area contributed by atoms with Gasteiger partial charge >= 0.3 is 0 Å². The second-order valence-corrected chi connectivity index (χ2v) is 20.8. The van der Waals surface area contributed by atoms with E-state index in [-0.39, 0.29) is 12.5 Å². The molecule has 9 nitrogen and oxygen atoms in total. The molecule has 0 aromatic carbocycles. The van der Waals surface area contributed by atoms with Crippen LogP contribution in [0.1, 0.15) is 251 Å². The molecule has 1 amide bonds. The Hall–Kier alpha value is -2.89. The minimum atomic E-state index is -1.56. The predicted octanol–water partition coefficient (Wildman–Crippen LogP) is 15.6. The molecule has 0 spiro atoms. The average Bonchev–Trinajstić information content (AvgIpc) is 3.40. The molecular weight excluding hydrogens is 923 g/mol. The van der Waals surface area contributed by atoms with E-state index in [1.807, 2.05) is 0 Å². The number of unbranched alkanes of at least 4 members (excludes halogenated alkanes) is 25. The highest BCUT2D eigenvalue weighted by Crippen LogP contribution is 2.23. The number of allylic oxidation sites excluding steroid dienone is 16. The van der Waals surface area contributed by atoms with Gasteiger partial charge in [0.1, 0.15) is 24.4 Å². The van der Waals surface area contributed by atoms with E-state index in [0.29, 0.717) is 12.8 Å². The first-order chi connectivity index (χ1) is 36.3. The lowest BCUT2D eigenvalue weighted by Gasteiger charge is -2.40. The fraction of sp³-hybridized carbons (Fsp3) is 0.738. The van der Waals surface area contributed by atoms with Crippen LogP contribution in [0.15, 0.2) is 97.2 Å². The molecule has 1 fully saturated rings. The smallest absolute Gasteiger partial charge is 0.220 e. The number of carbonyl (C=O) groups is 1. The first-order valence-electron chi connectivity index (χ1n) is 30.4. The lowest BCUT2D eigenvalue weighted by Crippen LogP contribution is -2.60. The van der Waals surface area contributed by atoms with Crippen LogP contribution in [0.25, 0.3) is 0 Å². The molecule has 426 valence electrons. The molecule has 0 aromatic rings. The summed E-state index contributed by atoms with van der Waals surface area (Å²) >= 11 is 0. The van der Waals surface area contributed by atoms with E-state index in [4.69, 9.17) is 9.47 Å². The Labute approximate surface area is 453 Å². The number of carbonyl (C=O) groups excluding carboxylic acids is 1. The number of hydrogen-bond acceptors (Lipinski definition) is 8. The monoisotopic (exact) mass is 1040 g/mol. The second-order valence-electron chi connectivity index (χ2n) is 20.8. The normalized spacial score (nSPS) is 19.7. The van der Waals surface area contributed by atoms with E-state index in [0.717, 1.165) is 96.3 Å². The van der Waals surface area contributed by atoms with Crippen LogP contribution in [-0.2, 0) is 14.3 Å². The molecule has 0 radical (unpaired) electrons. The van der Waals surface area contributed by atoms with Gasteiger partial charge in [0.2, 0.25) is 5.91 Å². The van der Waals surface area contributed by atoms with E-state index in [1.54, 1.807) is 0 Å². The van der Waals surface area contributed by atoms with E-state index in [2.05, 4.69) is 116 Å². The van der Waals surface area contributed by atoms with Crippen LogP contribution in [0.5, 0.6) is 0 Å². The zero-order valence-electron chi connectivity index (χ0n) is 47.3. The predicted molar refractivity (Wildman–Crippen MR) is 313 cm³/mol. The summed E-state index contributed by atoms with van der Waals surface area (Å²) in [7, 11) is 0. The van der Waals surface area contributed by atoms with Crippen molar-refractivity contribution >= 4 is 5.91 Å². The van der Waals surface area contributed by atoms with Crippen molar-refractivity contribution < 1.29 is 39.8 Å². The molecule has 1 saturated heterocycles. The van der Waals surface area contributed by atoms with Crippen molar-refractivity contribution in [2.24, 2.45) is 0 Å². The van der Waals surface area contributed by atoms with Crippen molar-refractivity contribution in [3.8, 4) is 0 Å². The van der Waals surface area contributed by atoms with Gasteiger partial charge in [0.25, 0.3) is 0 Å². The van der Waals surface area contributed by atoms with Gasteiger partial charge in [-0.05, 0) is 77.0 Å². The molecule has 0 bridgehead atoms. The number of aliphatic hydroxyl groups is 5. The Balaban J connectivity index is 2.16. The van der Waals surface area contributed by atoms with E-state index in [9.17, 15) is 30.3 Å². The maximum atomic E-state index is 13.1. The number of amides is 1. The summed E-state index contributed by atoms with van der Waals surface area (Å²) < 4.78 is 11.3. The summed E-state index contributed by atoms with van der Waals surface area (Å²) in [6.45, 7) is 3.73. The molecule has 6 N–H and O–H groups in total. The molecule has 9 heteroatoms. The van der Waals surface area contributed by atoms with Gasteiger partial charge < -0.3 is 40.3 Å². The van der Waals surface area contributed by atoms with Gasteiger partial charge in [0.05, 0.1) is 25.4 Å². The number of rotatable bonds is 51. The Morgan fingerprint density at radius 2 is 0.838 bits per heavy atom. The average molecular weight is 1040 g/mol. The first-order valence-corrected chi connectivity index (χ1v) is 30.4. The van der Waals surface area contributed by atoms with Crippen LogP contribution in [0.4, 0.5) is 0 Å². The molecule has 1 heterocycles. The molecule has 0 saturated carbocycles. The van der Waals surface area contributed by atoms with Gasteiger partial charge in [-0.3, -0.25) is 4.79 Å². The highest BCUT2D eigenvalue weighted by atomic mass is 16.7. The van der Waals surface area contributed by atoms with Crippen LogP contribution in [0, 0.1) is 0 Å². The Kier molecular flexibility index (Phi) is 50.0. The summed E-state index contributed by atoms with van der Waals surface area (Å²) in [6.07, 6.45) is 70.1. The van der Waals surface area contributed by atoms with Crippen molar-refractivity contribution in [3.63, 3.8) is 0 Å². The second kappa shape index (κ2) is 53.5. The fourth-order valence-corrected chi connectivity index (χ4v) is 9.18. The third-order valence-electron chi connectivity index (χ3n) is 14.0. The van der Waals surface area contributed by atoms with Gasteiger partial charge in [0, 0.05) is 6.42 Å². The largest absolute Gasteiger partial charge is 0.394 e. The summed E-state index contributed by atoms with van der Waals surface area (Å²) in [5, 5.41) is 54.7. The topological polar surface area (TPSA) is 149 Å². The summed E-state index contributed by atoms with van der Waals surface area (Å²) in [5.41, 5.74) is 0. The molecule has 0 aliphatic carbocycles. The summed E-state index contributed by atoms with van der Waals surface area (Å²) in [5.74, 6) is -0.151. The van der Waals surface area contributed by atoms with Crippen LogP contribution in [0.2, 0.25) is 0 Å². The van der Waals surface area contributed by atoms with E-state index >= 15 is 0 Å². The first kappa shape index (κ1) is 69.1. The minimum absolute atomic E-state index is 0.143. The number of aliphatic hydroxyl groups excluding tert-OH is 5. The van der Waals surface area contributed by atoms with Crippen LogP contribution < -0.4 is 5.32 Å². The molecule has 1 rings (SSSR count). The van der Waals surface area contributed by atoms with Crippen LogP contribution in [0.3, 0.4) is 0 Å². The molecule has 1 aliphatic heterocycles. The lowest BCUT2D eigenvalue weighted by atomic mass is 9.99. The van der Waals surface area contributed by atoms with Gasteiger partial charge in [-0.25, -0.2) is 0 Å². The SMILES string of the molecule is CC/C=C\C/C=C\C/C=C\C/C=C\C/C=C\C/C=C\C/C=C\C/C=C\CCCCCCCCCCCCC(=O)NC(COC1OC(CO)C(O)C(O)C1O)C(O)CCCCCCCCCCCCCCCCCC. The van der Waals surface area contributed by atoms with Gasteiger partial charge in [0.15, 0.2) is 6.29 Å². The molecule has 1 aliphatic rings. The molecule has 7 atom stereocenters.